The molecular weight excluding hydrogens is 146 g/mol. The number of hydrogen-bond acceptors (Lipinski definition) is 1. The van der Waals surface area contributed by atoms with Crippen molar-refractivity contribution in [2.24, 2.45) is 10.9 Å². The monoisotopic (exact) mass is 161 g/mol. The smallest absolute Gasteiger partial charge is 0.0573 e. The molecule has 0 saturated heterocycles. The fourth-order valence-electron chi connectivity index (χ4n) is 1.15. The van der Waals surface area contributed by atoms with Gasteiger partial charge < -0.3 is 0 Å². The highest BCUT2D eigenvalue weighted by atomic mass is 14.7. The Balaban J connectivity index is 2.75. The molecule has 1 heterocycles. The van der Waals surface area contributed by atoms with E-state index >= 15 is 0 Å². The first-order valence-electron chi connectivity index (χ1n) is 4.30. The van der Waals surface area contributed by atoms with Gasteiger partial charge in [0.05, 0.1) is 6.54 Å². The van der Waals surface area contributed by atoms with E-state index in [4.69, 9.17) is 0 Å². The maximum absolute atomic E-state index is 4.23. The Morgan fingerprint density at radius 2 is 2.25 bits per heavy atom. The second-order valence-corrected chi connectivity index (χ2v) is 3.08. The minimum Gasteiger partial charge on any atom is -0.289 e. The van der Waals surface area contributed by atoms with Crippen LogP contribution in [0.15, 0.2) is 40.9 Å². The third-order valence-electron chi connectivity index (χ3n) is 1.69. The Labute approximate surface area is 74.2 Å². The van der Waals surface area contributed by atoms with Gasteiger partial charge >= 0.3 is 0 Å². The summed E-state index contributed by atoms with van der Waals surface area (Å²) in [7, 11) is 0. The molecule has 0 spiro atoms. The molecule has 64 valence electrons. The van der Waals surface area contributed by atoms with Crippen molar-refractivity contribution in [3.63, 3.8) is 0 Å². The Morgan fingerprint density at radius 3 is 3.08 bits per heavy atom. The van der Waals surface area contributed by atoms with Crippen LogP contribution in [0, 0.1) is 5.92 Å². The van der Waals surface area contributed by atoms with Crippen molar-refractivity contribution in [3.05, 3.63) is 36.0 Å². The Morgan fingerprint density at radius 1 is 1.42 bits per heavy atom. The van der Waals surface area contributed by atoms with Crippen molar-refractivity contribution in [2.75, 3.05) is 6.54 Å². The Hall–Kier alpha value is -1.11. The average Bonchev–Trinajstić information content (AvgIpc) is 2.02. The third-order valence-corrected chi connectivity index (χ3v) is 1.69. The van der Waals surface area contributed by atoms with E-state index in [0.717, 1.165) is 6.54 Å². The minimum absolute atomic E-state index is 0.499. The van der Waals surface area contributed by atoms with Gasteiger partial charge in [0.1, 0.15) is 0 Å². The summed E-state index contributed by atoms with van der Waals surface area (Å²) in [5, 5.41) is 0. The van der Waals surface area contributed by atoms with Gasteiger partial charge in [-0.2, -0.15) is 0 Å². The van der Waals surface area contributed by atoms with E-state index in [9.17, 15) is 0 Å². The van der Waals surface area contributed by atoms with Crippen LogP contribution in [0.1, 0.15) is 13.8 Å². The molecular formula is C11H15N. The standard InChI is InChI=1S/C11H15N/c1-10-6-4-3-5-7-12-9-11(2)8-10/h3-6,8-10H,7H2,1-2H3/b5-3-,6-4-,11-8-,12-9-. The molecule has 0 aliphatic carbocycles. The number of hydrogen-bond donors (Lipinski definition) is 0. The predicted octanol–water partition coefficient (Wildman–Crippen LogP) is 2.77. The summed E-state index contributed by atoms with van der Waals surface area (Å²) in [6.45, 7) is 5.03. The van der Waals surface area contributed by atoms with Crippen molar-refractivity contribution < 1.29 is 0 Å². The highest BCUT2D eigenvalue weighted by molar-refractivity contribution is 5.77. The van der Waals surface area contributed by atoms with Gasteiger partial charge in [-0.1, -0.05) is 37.3 Å². The van der Waals surface area contributed by atoms with Crippen LogP contribution in [-0.2, 0) is 0 Å². The highest BCUT2D eigenvalue weighted by Crippen LogP contribution is 2.04. The molecule has 0 bridgehead atoms. The molecule has 0 radical (unpaired) electrons. The lowest BCUT2D eigenvalue weighted by Crippen LogP contribution is -1.88. The van der Waals surface area contributed by atoms with Crippen LogP contribution in [-0.4, -0.2) is 12.8 Å². The summed E-state index contributed by atoms with van der Waals surface area (Å²) in [6.07, 6.45) is 12.5. The zero-order valence-corrected chi connectivity index (χ0v) is 7.70. The van der Waals surface area contributed by atoms with Gasteiger partial charge in [0.25, 0.3) is 0 Å². The number of rotatable bonds is 0. The summed E-state index contributed by atoms with van der Waals surface area (Å²) in [5.74, 6) is 0.499. The number of aliphatic imine (C=N–C) groups is 1. The van der Waals surface area contributed by atoms with Crippen molar-refractivity contribution in [2.45, 2.75) is 13.8 Å². The maximum Gasteiger partial charge on any atom is 0.0573 e. The quantitative estimate of drug-likeness (QED) is 0.518. The van der Waals surface area contributed by atoms with E-state index in [0.29, 0.717) is 5.92 Å². The minimum atomic E-state index is 0.499. The molecule has 1 atom stereocenters. The zero-order valence-electron chi connectivity index (χ0n) is 7.70. The van der Waals surface area contributed by atoms with E-state index in [2.05, 4.69) is 43.1 Å². The summed E-state index contributed by atoms with van der Waals surface area (Å²) >= 11 is 0. The van der Waals surface area contributed by atoms with E-state index in [-0.39, 0.29) is 0 Å². The van der Waals surface area contributed by atoms with Gasteiger partial charge in [-0.05, 0) is 18.4 Å². The van der Waals surface area contributed by atoms with Crippen LogP contribution in [0.25, 0.3) is 0 Å². The van der Waals surface area contributed by atoms with Crippen LogP contribution in [0.5, 0.6) is 0 Å². The maximum atomic E-state index is 4.23. The number of allylic oxidation sites excluding steroid dienone is 5. The lowest BCUT2D eigenvalue weighted by molar-refractivity contribution is 0.932. The normalized spacial score (nSPS) is 36.2. The first-order chi connectivity index (χ1) is 5.79. The fraction of sp³-hybridized carbons (Fsp3) is 0.364. The first-order valence-corrected chi connectivity index (χ1v) is 4.30. The van der Waals surface area contributed by atoms with Crippen molar-refractivity contribution in [3.8, 4) is 0 Å². The second-order valence-electron chi connectivity index (χ2n) is 3.08. The van der Waals surface area contributed by atoms with E-state index < -0.39 is 0 Å². The molecule has 12 heavy (non-hydrogen) atoms. The second kappa shape index (κ2) is 4.70. The van der Waals surface area contributed by atoms with Crippen molar-refractivity contribution in [1.82, 2.24) is 0 Å². The fourth-order valence-corrected chi connectivity index (χ4v) is 1.15. The Bertz CT molecular complexity index is 244. The SMILES string of the molecule is CC1=C/C(C)/C=C\C=C/C/N=C\1. The predicted molar refractivity (Wildman–Crippen MR) is 54.6 cm³/mol. The summed E-state index contributed by atoms with van der Waals surface area (Å²) < 4.78 is 0. The molecule has 1 aliphatic rings. The van der Waals surface area contributed by atoms with Crippen LogP contribution < -0.4 is 0 Å². The average molecular weight is 161 g/mol. The van der Waals surface area contributed by atoms with Gasteiger partial charge in [-0.25, -0.2) is 0 Å². The van der Waals surface area contributed by atoms with Gasteiger partial charge in [0, 0.05) is 6.21 Å². The zero-order chi connectivity index (χ0) is 8.81. The Kier molecular flexibility index (Phi) is 3.52. The lowest BCUT2D eigenvalue weighted by atomic mass is 10.1. The molecule has 0 saturated carbocycles. The summed E-state index contributed by atoms with van der Waals surface area (Å²) in [6, 6.07) is 0. The molecule has 0 aromatic rings. The lowest BCUT2D eigenvalue weighted by Gasteiger charge is -1.99. The van der Waals surface area contributed by atoms with E-state index in [1.807, 2.05) is 12.3 Å². The van der Waals surface area contributed by atoms with Crippen molar-refractivity contribution in [1.29, 1.82) is 0 Å². The van der Waals surface area contributed by atoms with Crippen LogP contribution in [0.3, 0.4) is 0 Å². The van der Waals surface area contributed by atoms with Crippen LogP contribution in [0.4, 0.5) is 0 Å². The molecule has 1 aliphatic heterocycles. The van der Waals surface area contributed by atoms with Gasteiger partial charge in [-0.15, -0.1) is 0 Å². The number of nitrogens with zero attached hydrogens (tertiary/aromatic N) is 1. The van der Waals surface area contributed by atoms with Crippen LogP contribution >= 0.6 is 0 Å². The van der Waals surface area contributed by atoms with Crippen molar-refractivity contribution >= 4 is 6.21 Å². The van der Waals surface area contributed by atoms with Gasteiger partial charge in [0.2, 0.25) is 0 Å². The molecule has 0 amide bonds. The van der Waals surface area contributed by atoms with Gasteiger partial charge in [0.15, 0.2) is 0 Å². The molecule has 1 rings (SSSR count). The van der Waals surface area contributed by atoms with E-state index in [1.165, 1.54) is 5.57 Å². The summed E-state index contributed by atoms with van der Waals surface area (Å²) in [4.78, 5) is 4.23. The molecule has 1 unspecified atom stereocenters. The van der Waals surface area contributed by atoms with E-state index in [1.54, 1.807) is 0 Å². The molecule has 0 aromatic heterocycles. The summed E-state index contributed by atoms with van der Waals surface area (Å²) in [5.41, 5.74) is 1.24. The highest BCUT2D eigenvalue weighted by Gasteiger charge is 1.91. The van der Waals surface area contributed by atoms with Crippen LogP contribution in [0.2, 0.25) is 0 Å². The molecule has 0 fully saturated rings. The van der Waals surface area contributed by atoms with Gasteiger partial charge in [-0.3, -0.25) is 4.99 Å². The largest absolute Gasteiger partial charge is 0.289 e. The molecule has 0 aromatic carbocycles. The molecule has 1 nitrogen and oxygen atoms in total. The third kappa shape index (κ3) is 3.33. The molecule has 1 heteroatoms. The topological polar surface area (TPSA) is 12.4 Å². The first kappa shape index (κ1) is 8.98. The molecule has 0 N–H and O–H groups in total.